The molecule has 2 aliphatic heterocycles. The molecule has 3 amide bonds. The van der Waals surface area contributed by atoms with E-state index in [0.29, 0.717) is 30.5 Å². The molecule has 1 saturated heterocycles. The van der Waals surface area contributed by atoms with Crippen LogP contribution in [-0.4, -0.2) is 57.7 Å². The van der Waals surface area contributed by atoms with Gasteiger partial charge in [0.05, 0.1) is 11.1 Å². The van der Waals surface area contributed by atoms with E-state index in [2.05, 4.69) is 0 Å². The third-order valence-electron chi connectivity index (χ3n) is 4.29. The van der Waals surface area contributed by atoms with Crippen LogP contribution in [0.3, 0.4) is 0 Å². The Balaban J connectivity index is 1.65. The monoisotopic (exact) mass is 316 g/mol. The molecule has 1 aromatic carbocycles. The highest BCUT2D eigenvalue weighted by atomic mass is 16.4. The largest absolute Gasteiger partial charge is 0.480 e. The van der Waals surface area contributed by atoms with Crippen molar-refractivity contribution in [2.24, 2.45) is 0 Å². The van der Waals surface area contributed by atoms with Crippen LogP contribution < -0.4 is 0 Å². The molecule has 7 nitrogen and oxygen atoms in total. The number of amides is 3. The molecule has 0 spiro atoms. The number of fused-ring (bicyclic) bond motifs is 1. The number of rotatable bonds is 4. The van der Waals surface area contributed by atoms with Gasteiger partial charge in [-0.2, -0.15) is 0 Å². The van der Waals surface area contributed by atoms with Gasteiger partial charge in [0, 0.05) is 19.5 Å². The molecule has 0 saturated carbocycles. The lowest BCUT2D eigenvalue weighted by molar-refractivity contribution is -0.148. The Morgan fingerprint density at radius 2 is 1.74 bits per heavy atom. The number of imide groups is 1. The molecule has 2 aliphatic rings. The summed E-state index contributed by atoms with van der Waals surface area (Å²) in [5.41, 5.74) is 0.684. The van der Waals surface area contributed by atoms with Crippen molar-refractivity contribution in [3.8, 4) is 0 Å². The molecule has 1 fully saturated rings. The lowest BCUT2D eigenvalue weighted by Gasteiger charge is -2.22. The number of likely N-dealkylation sites (tertiary alicyclic amines) is 1. The van der Waals surface area contributed by atoms with E-state index in [1.54, 1.807) is 24.3 Å². The number of carboxylic acids is 1. The highest BCUT2D eigenvalue weighted by Crippen LogP contribution is 2.23. The summed E-state index contributed by atoms with van der Waals surface area (Å²) in [6.45, 7) is 0.367. The van der Waals surface area contributed by atoms with Gasteiger partial charge in [0.15, 0.2) is 0 Å². The van der Waals surface area contributed by atoms with Crippen molar-refractivity contribution in [2.45, 2.75) is 25.3 Å². The normalized spacial score (nSPS) is 20.1. The minimum Gasteiger partial charge on any atom is -0.480 e. The van der Waals surface area contributed by atoms with E-state index in [1.165, 1.54) is 4.90 Å². The molecule has 0 aromatic heterocycles. The van der Waals surface area contributed by atoms with Gasteiger partial charge in [-0.25, -0.2) is 4.79 Å². The summed E-state index contributed by atoms with van der Waals surface area (Å²) >= 11 is 0. The van der Waals surface area contributed by atoms with Crippen LogP contribution in [0, 0.1) is 0 Å². The number of hydrogen-bond donors (Lipinski definition) is 1. The summed E-state index contributed by atoms with van der Waals surface area (Å²) in [5, 5.41) is 9.10. The van der Waals surface area contributed by atoms with Crippen LogP contribution in [0.2, 0.25) is 0 Å². The van der Waals surface area contributed by atoms with Gasteiger partial charge >= 0.3 is 5.97 Å². The maximum Gasteiger partial charge on any atom is 0.326 e. The average molecular weight is 316 g/mol. The summed E-state index contributed by atoms with van der Waals surface area (Å²) < 4.78 is 0. The minimum atomic E-state index is -1.02. The van der Waals surface area contributed by atoms with E-state index in [-0.39, 0.29) is 18.9 Å². The minimum absolute atomic E-state index is 0.0337. The Morgan fingerprint density at radius 3 is 2.30 bits per heavy atom. The second kappa shape index (κ2) is 5.83. The molecule has 3 rings (SSSR count). The van der Waals surface area contributed by atoms with Crippen molar-refractivity contribution in [1.29, 1.82) is 0 Å². The van der Waals surface area contributed by atoms with Crippen molar-refractivity contribution in [3.63, 3.8) is 0 Å². The highest BCUT2D eigenvalue weighted by molar-refractivity contribution is 6.21. The first-order valence-corrected chi connectivity index (χ1v) is 7.48. The first-order valence-electron chi connectivity index (χ1n) is 7.48. The third-order valence-corrected chi connectivity index (χ3v) is 4.29. The molecular weight excluding hydrogens is 300 g/mol. The number of aliphatic carboxylic acids is 1. The van der Waals surface area contributed by atoms with Gasteiger partial charge in [-0.15, -0.1) is 0 Å². The van der Waals surface area contributed by atoms with Crippen LogP contribution >= 0.6 is 0 Å². The van der Waals surface area contributed by atoms with Crippen LogP contribution in [0.15, 0.2) is 24.3 Å². The Labute approximate surface area is 132 Å². The standard InChI is InChI=1S/C16H16N2O5/c19-13(17-8-3-6-12(17)16(22)23)7-9-18-14(20)10-4-1-2-5-11(10)15(18)21/h1-2,4-5,12H,3,6-9H2,(H,22,23). The van der Waals surface area contributed by atoms with Crippen LogP contribution in [0.25, 0.3) is 0 Å². The predicted octanol–water partition coefficient (Wildman–Crippen LogP) is 0.748. The first kappa shape index (κ1) is 15.2. The fourth-order valence-electron chi connectivity index (χ4n) is 3.12. The maximum absolute atomic E-state index is 12.2. The topological polar surface area (TPSA) is 95.0 Å². The summed E-state index contributed by atoms with van der Waals surface area (Å²) in [7, 11) is 0. The van der Waals surface area contributed by atoms with Gasteiger partial charge in [0.25, 0.3) is 11.8 Å². The summed E-state index contributed by atoms with van der Waals surface area (Å²) in [6, 6.07) is 5.72. The lowest BCUT2D eigenvalue weighted by Crippen LogP contribution is -2.42. The molecule has 1 aromatic rings. The fraction of sp³-hybridized carbons (Fsp3) is 0.375. The van der Waals surface area contributed by atoms with E-state index < -0.39 is 23.8 Å². The van der Waals surface area contributed by atoms with E-state index in [1.807, 2.05) is 0 Å². The van der Waals surface area contributed by atoms with Crippen LogP contribution in [0.1, 0.15) is 40.0 Å². The molecule has 23 heavy (non-hydrogen) atoms. The van der Waals surface area contributed by atoms with Crippen molar-refractivity contribution in [2.75, 3.05) is 13.1 Å². The van der Waals surface area contributed by atoms with Gasteiger partial charge in [0.1, 0.15) is 6.04 Å². The number of carbonyl (C=O) groups excluding carboxylic acids is 3. The Kier molecular flexibility index (Phi) is 3.85. The summed E-state index contributed by atoms with van der Waals surface area (Å²) in [4.78, 5) is 50.1. The average Bonchev–Trinajstić information content (AvgIpc) is 3.11. The second-order valence-corrected chi connectivity index (χ2v) is 5.64. The van der Waals surface area contributed by atoms with Crippen molar-refractivity contribution in [3.05, 3.63) is 35.4 Å². The zero-order valence-corrected chi connectivity index (χ0v) is 12.4. The van der Waals surface area contributed by atoms with Gasteiger partial charge in [0.2, 0.25) is 5.91 Å². The lowest BCUT2D eigenvalue weighted by atomic mass is 10.1. The van der Waals surface area contributed by atoms with E-state index in [4.69, 9.17) is 5.11 Å². The molecule has 0 aliphatic carbocycles. The molecule has 7 heteroatoms. The number of nitrogens with zero attached hydrogens (tertiary/aromatic N) is 2. The van der Waals surface area contributed by atoms with Crippen molar-refractivity contribution >= 4 is 23.7 Å². The van der Waals surface area contributed by atoms with Crippen molar-refractivity contribution < 1.29 is 24.3 Å². The fourth-order valence-corrected chi connectivity index (χ4v) is 3.12. The first-order chi connectivity index (χ1) is 11.0. The predicted molar refractivity (Wildman–Crippen MR) is 78.8 cm³/mol. The molecule has 1 unspecified atom stereocenters. The summed E-state index contributed by atoms with van der Waals surface area (Å²) in [5.74, 6) is -2.17. The van der Waals surface area contributed by atoms with E-state index in [0.717, 1.165) is 4.90 Å². The molecular formula is C16H16N2O5. The second-order valence-electron chi connectivity index (χ2n) is 5.64. The number of hydrogen-bond acceptors (Lipinski definition) is 4. The molecule has 120 valence electrons. The Morgan fingerprint density at radius 1 is 1.13 bits per heavy atom. The third kappa shape index (κ3) is 2.58. The Bertz CT molecular complexity index is 664. The molecule has 0 radical (unpaired) electrons. The molecule has 1 N–H and O–H groups in total. The van der Waals surface area contributed by atoms with E-state index in [9.17, 15) is 19.2 Å². The van der Waals surface area contributed by atoms with Crippen LogP contribution in [-0.2, 0) is 9.59 Å². The van der Waals surface area contributed by atoms with Gasteiger partial charge in [-0.05, 0) is 25.0 Å². The molecule has 2 heterocycles. The quantitative estimate of drug-likeness (QED) is 0.827. The number of carbonyl (C=O) groups is 4. The van der Waals surface area contributed by atoms with Gasteiger partial charge in [-0.3, -0.25) is 19.3 Å². The zero-order chi connectivity index (χ0) is 16.6. The SMILES string of the molecule is O=C(O)C1CCCN1C(=O)CCN1C(=O)c2ccccc2C1=O. The Hall–Kier alpha value is -2.70. The van der Waals surface area contributed by atoms with Gasteiger partial charge < -0.3 is 10.0 Å². The number of carboxylic acid groups (broad SMARTS) is 1. The molecule has 1 atom stereocenters. The maximum atomic E-state index is 12.2. The van der Waals surface area contributed by atoms with Gasteiger partial charge in [-0.1, -0.05) is 12.1 Å². The summed E-state index contributed by atoms with van der Waals surface area (Å²) in [6.07, 6.45) is 1.03. The van der Waals surface area contributed by atoms with Crippen LogP contribution in [0.5, 0.6) is 0 Å². The number of benzene rings is 1. The van der Waals surface area contributed by atoms with E-state index >= 15 is 0 Å². The molecule has 0 bridgehead atoms. The van der Waals surface area contributed by atoms with Crippen LogP contribution in [0.4, 0.5) is 0 Å². The van der Waals surface area contributed by atoms with Crippen molar-refractivity contribution in [1.82, 2.24) is 9.80 Å². The smallest absolute Gasteiger partial charge is 0.326 e. The zero-order valence-electron chi connectivity index (χ0n) is 12.4. The highest BCUT2D eigenvalue weighted by Gasteiger charge is 2.37.